The first-order chi connectivity index (χ1) is 7.13. The predicted octanol–water partition coefficient (Wildman–Crippen LogP) is 2.35. The van der Waals surface area contributed by atoms with E-state index in [0.717, 1.165) is 29.8 Å². The van der Waals surface area contributed by atoms with Crippen molar-refractivity contribution < 1.29 is 0 Å². The zero-order valence-corrected chi connectivity index (χ0v) is 11.0. The first kappa shape index (κ1) is 12.4. The van der Waals surface area contributed by atoms with Crippen LogP contribution < -0.4 is 10.6 Å². The Labute approximate surface area is 104 Å². The highest BCUT2D eigenvalue weighted by molar-refractivity contribution is 9.10. The van der Waals surface area contributed by atoms with Crippen LogP contribution in [0.5, 0.6) is 0 Å². The molecule has 5 heteroatoms. The predicted molar refractivity (Wildman–Crippen MR) is 71.2 cm³/mol. The molecule has 0 radical (unpaired) electrons. The molecule has 0 unspecified atom stereocenters. The van der Waals surface area contributed by atoms with Crippen LogP contribution in [0.1, 0.15) is 13.3 Å². The maximum atomic E-state index is 5.47. The van der Waals surface area contributed by atoms with Gasteiger partial charge in [-0.05, 0) is 35.0 Å². The summed E-state index contributed by atoms with van der Waals surface area (Å²) in [7, 11) is 0. The summed E-state index contributed by atoms with van der Waals surface area (Å²) in [5.74, 6) is 0.956. The summed E-state index contributed by atoms with van der Waals surface area (Å²) in [5, 5.41) is 0. The van der Waals surface area contributed by atoms with Gasteiger partial charge in [-0.2, -0.15) is 0 Å². The van der Waals surface area contributed by atoms with Crippen LogP contribution in [0, 0.1) is 0 Å². The Hall–Kier alpha value is -0.680. The Kier molecular flexibility index (Phi) is 4.98. The van der Waals surface area contributed by atoms with Gasteiger partial charge in [0.15, 0.2) is 0 Å². The molecule has 1 heterocycles. The fraction of sp³-hybridized carbons (Fsp3) is 0.400. The molecule has 0 amide bonds. The number of hydrogen-bond acceptors (Lipinski definition) is 3. The number of aromatic nitrogens is 1. The van der Waals surface area contributed by atoms with E-state index in [-0.39, 0.29) is 0 Å². The quantitative estimate of drug-likeness (QED) is 0.845. The van der Waals surface area contributed by atoms with Gasteiger partial charge in [-0.15, -0.1) is 0 Å². The lowest BCUT2D eigenvalue weighted by atomic mass is 10.3. The summed E-state index contributed by atoms with van der Waals surface area (Å²) in [4.78, 5) is 7.01. The summed E-state index contributed by atoms with van der Waals surface area (Å²) in [6.07, 6.45) is 2.51. The van der Waals surface area contributed by atoms with Gasteiger partial charge in [-0.25, -0.2) is 4.98 Å². The SMILES string of the molecule is CCN(CCC(N)=S)c1ccc(Br)cn1. The van der Waals surface area contributed by atoms with Crippen molar-refractivity contribution in [2.24, 2.45) is 5.73 Å². The van der Waals surface area contributed by atoms with Crippen molar-refractivity contribution in [3.05, 3.63) is 22.8 Å². The molecule has 0 saturated carbocycles. The minimum Gasteiger partial charge on any atom is -0.393 e. The number of nitrogens with two attached hydrogens (primary N) is 1. The lowest BCUT2D eigenvalue weighted by molar-refractivity contribution is 0.819. The van der Waals surface area contributed by atoms with E-state index in [1.165, 1.54) is 0 Å². The van der Waals surface area contributed by atoms with E-state index in [0.29, 0.717) is 4.99 Å². The van der Waals surface area contributed by atoms with Crippen molar-refractivity contribution in [3.8, 4) is 0 Å². The highest BCUT2D eigenvalue weighted by Crippen LogP contribution is 2.14. The second-order valence-electron chi connectivity index (χ2n) is 3.13. The lowest BCUT2D eigenvalue weighted by Gasteiger charge is -2.21. The maximum absolute atomic E-state index is 5.47. The monoisotopic (exact) mass is 287 g/mol. The fourth-order valence-electron chi connectivity index (χ4n) is 1.23. The Morgan fingerprint density at radius 1 is 1.60 bits per heavy atom. The van der Waals surface area contributed by atoms with Gasteiger partial charge in [0, 0.05) is 30.2 Å². The third kappa shape index (κ3) is 4.13. The van der Waals surface area contributed by atoms with Gasteiger partial charge in [0.2, 0.25) is 0 Å². The molecule has 1 rings (SSSR count). The van der Waals surface area contributed by atoms with Gasteiger partial charge in [-0.1, -0.05) is 12.2 Å². The average molecular weight is 288 g/mol. The second-order valence-corrected chi connectivity index (χ2v) is 4.57. The van der Waals surface area contributed by atoms with Crippen molar-refractivity contribution in [1.29, 1.82) is 0 Å². The normalized spacial score (nSPS) is 10.0. The van der Waals surface area contributed by atoms with Gasteiger partial charge in [-0.3, -0.25) is 0 Å². The van der Waals surface area contributed by atoms with E-state index in [2.05, 4.69) is 32.7 Å². The Morgan fingerprint density at radius 3 is 2.80 bits per heavy atom. The largest absolute Gasteiger partial charge is 0.393 e. The minimum absolute atomic E-state index is 0.547. The Morgan fingerprint density at radius 2 is 2.33 bits per heavy atom. The number of nitrogens with zero attached hydrogens (tertiary/aromatic N) is 2. The molecule has 0 aliphatic rings. The molecule has 2 N–H and O–H groups in total. The number of rotatable bonds is 5. The van der Waals surface area contributed by atoms with Gasteiger partial charge >= 0.3 is 0 Å². The van der Waals surface area contributed by atoms with Crippen LogP contribution in [0.15, 0.2) is 22.8 Å². The van der Waals surface area contributed by atoms with Crippen LogP contribution in [-0.4, -0.2) is 23.1 Å². The van der Waals surface area contributed by atoms with E-state index < -0.39 is 0 Å². The second kappa shape index (κ2) is 6.02. The van der Waals surface area contributed by atoms with Gasteiger partial charge in [0.05, 0.1) is 4.99 Å². The molecule has 15 heavy (non-hydrogen) atoms. The van der Waals surface area contributed by atoms with E-state index in [1.54, 1.807) is 6.20 Å². The molecule has 1 aromatic rings. The molecule has 0 aromatic carbocycles. The van der Waals surface area contributed by atoms with Crippen molar-refractivity contribution in [2.45, 2.75) is 13.3 Å². The molecular weight excluding hydrogens is 274 g/mol. The number of hydrogen-bond donors (Lipinski definition) is 1. The molecule has 82 valence electrons. The van der Waals surface area contributed by atoms with E-state index in [9.17, 15) is 0 Å². The van der Waals surface area contributed by atoms with Crippen LogP contribution in [-0.2, 0) is 0 Å². The third-order valence-electron chi connectivity index (χ3n) is 2.05. The minimum atomic E-state index is 0.547. The Balaban J connectivity index is 2.65. The topological polar surface area (TPSA) is 42.1 Å². The van der Waals surface area contributed by atoms with Crippen molar-refractivity contribution >= 4 is 39.0 Å². The number of halogens is 1. The fourth-order valence-corrected chi connectivity index (χ4v) is 1.56. The first-order valence-corrected chi connectivity index (χ1v) is 5.98. The molecule has 0 atom stereocenters. The standard InChI is InChI=1S/C10H14BrN3S/c1-2-14(6-5-9(12)15)10-4-3-8(11)7-13-10/h3-4,7H,2,5-6H2,1H3,(H2,12,15). The van der Waals surface area contributed by atoms with Gasteiger partial charge in [0.25, 0.3) is 0 Å². The molecule has 1 aromatic heterocycles. The summed E-state index contributed by atoms with van der Waals surface area (Å²) in [6, 6.07) is 3.96. The van der Waals surface area contributed by atoms with E-state index in [4.69, 9.17) is 18.0 Å². The third-order valence-corrected chi connectivity index (χ3v) is 2.72. The van der Waals surface area contributed by atoms with Crippen LogP contribution >= 0.6 is 28.1 Å². The lowest BCUT2D eigenvalue weighted by Crippen LogP contribution is -2.27. The summed E-state index contributed by atoms with van der Waals surface area (Å²) in [5.41, 5.74) is 5.47. The molecule has 0 fully saturated rings. The molecule has 0 spiro atoms. The first-order valence-electron chi connectivity index (χ1n) is 4.78. The summed E-state index contributed by atoms with van der Waals surface area (Å²) in [6.45, 7) is 3.81. The molecule has 0 bridgehead atoms. The van der Waals surface area contributed by atoms with Gasteiger partial charge < -0.3 is 10.6 Å². The van der Waals surface area contributed by atoms with Crippen molar-refractivity contribution in [2.75, 3.05) is 18.0 Å². The average Bonchev–Trinajstić information content (AvgIpc) is 2.21. The molecule has 0 saturated heterocycles. The Bertz CT molecular complexity index is 326. The van der Waals surface area contributed by atoms with E-state index in [1.807, 2.05) is 12.1 Å². The zero-order valence-electron chi connectivity index (χ0n) is 8.61. The van der Waals surface area contributed by atoms with Crippen LogP contribution in [0.3, 0.4) is 0 Å². The van der Waals surface area contributed by atoms with Crippen molar-refractivity contribution in [1.82, 2.24) is 4.98 Å². The zero-order chi connectivity index (χ0) is 11.3. The molecule has 0 aliphatic carbocycles. The number of pyridine rings is 1. The van der Waals surface area contributed by atoms with Crippen LogP contribution in [0.2, 0.25) is 0 Å². The van der Waals surface area contributed by atoms with E-state index >= 15 is 0 Å². The maximum Gasteiger partial charge on any atom is 0.128 e. The highest BCUT2D eigenvalue weighted by atomic mass is 79.9. The molecular formula is C10H14BrN3S. The number of thiocarbonyl (C=S) groups is 1. The molecule has 0 aliphatic heterocycles. The van der Waals surface area contributed by atoms with Crippen LogP contribution in [0.4, 0.5) is 5.82 Å². The van der Waals surface area contributed by atoms with Gasteiger partial charge in [0.1, 0.15) is 5.82 Å². The van der Waals surface area contributed by atoms with Crippen molar-refractivity contribution in [3.63, 3.8) is 0 Å². The summed E-state index contributed by atoms with van der Waals surface area (Å²) < 4.78 is 0.983. The van der Waals surface area contributed by atoms with Crippen LogP contribution in [0.25, 0.3) is 0 Å². The smallest absolute Gasteiger partial charge is 0.128 e. The highest BCUT2D eigenvalue weighted by Gasteiger charge is 2.05. The molecule has 3 nitrogen and oxygen atoms in total. The summed E-state index contributed by atoms with van der Waals surface area (Å²) >= 11 is 8.21. The number of anilines is 1.